The summed E-state index contributed by atoms with van der Waals surface area (Å²) in [4.78, 5) is 24.3. The maximum atomic E-state index is 13.0. The van der Waals surface area contributed by atoms with Crippen LogP contribution in [0.3, 0.4) is 0 Å². The van der Waals surface area contributed by atoms with E-state index >= 15 is 0 Å². The van der Waals surface area contributed by atoms with Crippen molar-refractivity contribution in [2.45, 2.75) is 26.1 Å². The van der Waals surface area contributed by atoms with E-state index in [0.717, 1.165) is 4.90 Å². The maximum Gasteiger partial charge on any atom is 0.394 e. The Morgan fingerprint density at radius 1 is 1.26 bits per heavy atom. The van der Waals surface area contributed by atoms with Crippen molar-refractivity contribution in [2.75, 3.05) is 25.5 Å². The number of benzene rings is 1. The number of halogens is 3. The zero-order chi connectivity index (χ0) is 20.4. The molecule has 0 aromatic heterocycles. The first-order valence-electron chi connectivity index (χ1n) is 8.23. The number of carboxylic acids is 1. The molecule has 0 bridgehead atoms. The number of hydrogen-bond acceptors (Lipinski definition) is 4. The fourth-order valence-electron chi connectivity index (χ4n) is 2.85. The van der Waals surface area contributed by atoms with Crippen molar-refractivity contribution >= 4 is 17.7 Å². The van der Waals surface area contributed by atoms with Gasteiger partial charge in [-0.1, -0.05) is 0 Å². The summed E-state index contributed by atoms with van der Waals surface area (Å²) in [5.74, 6) is -4.57. The van der Waals surface area contributed by atoms with E-state index < -0.39 is 43.1 Å². The summed E-state index contributed by atoms with van der Waals surface area (Å²) in [7, 11) is 1.45. The molecule has 7 nitrogen and oxygen atoms in total. The number of aliphatic carboxylic acids is 1. The van der Waals surface area contributed by atoms with Gasteiger partial charge in [-0.3, -0.25) is 4.79 Å². The summed E-state index contributed by atoms with van der Waals surface area (Å²) in [5.41, 5.74) is 0.291. The predicted octanol–water partition coefficient (Wildman–Crippen LogP) is 3.21. The van der Waals surface area contributed by atoms with Crippen LogP contribution in [0.15, 0.2) is 18.2 Å². The molecular formula is C17H21F3N2O5. The number of hydrogen-bond donors (Lipinski definition) is 2. The third kappa shape index (κ3) is 4.95. The van der Waals surface area contributed by atoms with Crippen LogP contribution in [0.5, 0.6) is 11.5 Å². The van der Waals surface area contributed by atoms with Gasteiger partial charge in [-0.05, 0) is 26.0 Å². The number of ether oxygens (including phenoxy) is 2. The second-order valence-corrected chi connectivity index (χ2v) is 6.46. The Hall–Kier alpha value is -2.65. The molecule has 1 aromatic carbocycles. The van der Waals surface area contributed by atoms with Crippen LogP contribution >= 0.6 is 0 Å². The van der Waals surface area contributed by atoms with Crippen LogP contribution in [0.4, 0.5) is 23.7 Å². The van der Waals surface area contributed by atoms with Gasteiger partial charge in [0.1, 0.15) is 0 Å². The third-order valence-corrected chi connectivity index (χ3v) is 4.12. The van der Waals surface area contributed by atoms with E-state index in [1.54, 1.807) is 19.9 Å². The molecule has 1 saturated heterocycles. The minimum absolute atomic E-state index is 0.160. The van der Waals surface area contributed by atoms with Gasteiger partial charge in [0.25, 0.3) is 0 Å². The van der Waals surface area contributed by atoms with E-state index in [4.69, 9.17) is 14.6 Å². The minimum Gasteiger partial charge on any atom is -0.493 e. The number of likely N-dealkylation sites (tertiary alicyclic amines) is 1. The number of amides is 2. The van der Waals surface area contributed by atoms with Crippen LogP contribution in [0.1, 0.15) is 13.8 Å². The average Bonchev–Trinajstić information content (AvgIpc) is 3.00. The van der Waals surface area contributed by atoms with Gasteiger partial charge in [-0.25, -0.2) is 4.79 Å². The number of carbonyl (C=O) groups excluding carboxylic acids is 1. The molecule has 1 aliphatic rings. The van der Waals surface area contributed by atoms with Crippen molar-refractivity contribution in [3.05, 3.63) is 18.2 Å². The minimum atomic E-state index is -4.70. The molecule has 2 rings (SSSR count). The van der Waals surface area contributed by atoms with Crippen molar-refractivity contribution in [2.24, 2.45) is 11.8 Å². The Morgan fingerprint density at radius 2 is 1.93 bits per heavy atom. The number of nitrogens with zero attached hydrogens (tertiary/aromatic N) is 1. The Labute approximate surface area is 154 Å². The first kappa shape index (κ1) is 20.7. The SMILES string of the molecule is COc1ccc(NC(=O)N2C[C@@H](C(F)(F)F)[C@H](C(=O)O)C2)cc1OC(C)C. The summed E-state index contributed by atoms with van der Waals surface area (Å²) in [6, 6.07) is 3.74. The monoisotopic (exact) mass is 390 g/mol. The smallest absolute Gasteiger partial charge is 0.394 e. The highest BCUT2D eigenvalue weighted by Crippen LogP contribution is 2.38. The molecule has 10 heteroatoms. The number of methoxy groups -OCH3 is 1. The molecule has 1 aromatic rings. The first-order valence-corrected chi connectivity index (χ1v) is 8.23. The summed E-state index contributed by atoms with van der Waals surface area (Å²) >= 11 is 0. The molecule has 0 unspecified atom stereocenters. The van der Waals surface area contributed by atoms with Gasteiger partial charge in [0.05, 0.1) is 25.0 Å². The fourth-order valence-corrected chi connectivity index (χ4v) is 2.85. The summed E-state index contributed by atoms with van der Waals surface area (Å²) in [6.07, 6.45) is -4.86. The van der Waals surface area contributed by atoms with Crippen LogP contribution < -0.4 is 14.8 Å². The number of anilines is 1. The lowest BCUT2D eigenvalue weighted by Gasteiger charge is -2.19. The summed E-state index contributed by atoms with van der Waals surface area (Å²) in [6.45, 7) is 2.38. The van der Waals surface area contributed by atoms with Crippen LogP contribution in [-0.4, -0.2) is 54.5 Å². The van der Waals surface area contributed by atoms with Gasteiger partial charge < -0.3 is 24.8 Å². The second kappa shape index (κ2) is 7.93. The Bertz CT molecular complexity index is 708. The van der Waals surface area contributed by atoms with Crippen molar-refractivity contribution < 1.29 is 37.3 Å². The van der Waals surface area contributed by atoms with Crippen LogP contribution in [0, 0.1) is 11.8 Å². The molecule has 0 radical (unpaired) electrons. The molecule has 0 saturated carbocycles. The zero-order valence-corrected chi connectivity index (χ0v) is 15.0. The quantitative estimate of drug-likeness (QED) is 0.806. The van der Waals surface area contributed by atoms with E-state index in [2.05, 4.69) is 5.32 Å². The van der Waals surface area contributed by atoms with E-state index in [-0.39, 0.29) is 6.10 Å². The van der Waals surface area contributed by atoms with E-state index in [9.17, 15) is 22.8 Å². The van der Waals surface area contributed by atoms with Crippen molar-refractivity contribution in [1.82, 2.24) is 4.90 Å². The Balaban J connectivity index is 2.14. The van der Waals surface area contributed by atoms with Gasteiger partial charge in [-0.2, -0.15) is 13.2 Å². The maximum absolute atomic E-state index is 13.0. The topological polar surface area (TPSA) is 88.1 Å². The molecule has 1 heterocycles. The van der Waals surface area contributed by atoms with Gasteiger partial charge >= 0.3 is 18.2 Å². The lowest BCUT2D eigenvalue weighted by molar-refractivity contribution is -0.187. The highest BCUT2D eigenvalue weighted by molar-refractivity contribution is 5.90. The van der Waals surface area contributed by atoms with Crippen LogP contribution in [-0.2, 0) is 4.79 Å². The van der Waals surface area contributed by atoms with Crippen LogP contribution in [0.2, 0.25) is 0 Å². The number of rotatable bonds is 5. The lowest BCUT2D eigenvalue weighted by atomic mass is 9.96. The Kier molecular flexibility index (Phi) is 6.07. The molecule has 2 atom stereocenters. The standard InChI is InChI=1S/C17H21F3N2O5/c1-9(2)27-14-6-10(4-5-13(14)26-3)21-16(25)22-7-11(15(23)24)12(8-22)17(18,19)20/h4-6,9,11-12H,7-8H2,1-3H3,(H,21,25)(H,23,24)/t11-,12-/m1/s1. The van der Waals surface area contributed by atoms with Gasteiger partial charge in [-0.15, -0.1) is 0 Å². The molecule has 150 valence electrons. The summed E-state index contributed by atoms with van der Waals surface area (Å²) in [5, 5.41) is 11.5. The molecular weight excluding hydrogens is 369 g/mol. The Morgan fingerprint density at radius 3 is 2.41 bits per heavy atom. The first-order chi connectivity index (χ1) is 12.5. The van der Waals surface area contributed by atoms with E-state index in [1.807, 2.05) is 0 Å². The van der Waals surface area contributed by atoms with Gasteiger partial charge in [0.15, 0.2) is 11.5 Å². The van der Waals surface area contributed by atoms with Gasteiger partial charge in [0.2, 0.25) is 0 Å². The number of nitrogens with one attached hydrogen (secondary N) is 1. The molecule has 2 amide bonds. The van der Waals surface area contributed by atoms with Crippen LogP contribution in [0.25, 0.3) is 0 Å². The molecule has 0 spiro atoms. The molecule has 1 aliphatic heterocycles. The zero-order valence-electron chi connectivity index (χ0n) is 15.0. The van der Waals surface area contributed by atoms with E-state index in [1.165, 1.54) is 19.2 Å². The fraction of sp³-hybridized carbons (Fsp3) is 0.529. The lowest BCUT2D eigenvalue weighted by Crippen LogP contribution is -2.35. The predicted molar refractivity (Wildman–Crippen MR) is 90.0 cm³/mol. The normalized spacial score (nSPS) is 19.9. The second-order valence-electron chi connectivity index (χ2n) is 6.46. The third-order valence-electron chi connectivity index (χ3n) is 4.12. The number of alkyl halides is 3. The number of carbonyl (C=O) groups is 2. The van der Waals surface area contributed by atoms with Crippen molar-refractivity contribution in [3.63, 3.8) is 0 Å². The van der Waals surface area contributed by atoms with Gasteiger partial charge in [0, 0.05) is 24.8 Å². The highest BCUT2D eigenvalue weighted by Gasteiger charge is 2.53. The molecule has 1 fully saturated rings. The van der Waals surface area contributed by atoms with Crippen molar-refractivity contribution in [1.29, 1.82) is 0 Å². The highest BCUT2D eigenvalue weighted by atomic mass is 19.4. The molecule has 0 aliphatic carbocycles. The van der Waals surface area contributed by atoms with Crippen molar-refractivity contribution in [3.8, 4) is 11.5 Å². The largest absolute Gasteiger partial charge is 0.493 e. The number of carboxylic acid groups (broad SMARTS) is 1. The molecule has 2 N–H and O–H groups in total. The number of urea groups is 1. The average molecular weight is 390 g/mol. The summed E-state index contributed by atoms with van der Waals surface area (Å²) < 4.78 is 49.9. The van der Waals surface area contributed by atoms with E-state index in [0.29, 0.717) is 17.2 Å². The molecule has 27 heavy (non-hydrogen) atoms.